The summed E-state index contributed by atoms with van der Waals surface area (Å²) in [6, 6.07) is 39.7. The summed E-state index contributed by atoms with van der Waals surface area (Å²) in [6.45, 7) is 18.5. The van der Waals surface area contributed by atoms with Gasteiger partial charge in [0.2, 0.25) is 0 Å². The molecule has 0 bridgehead atoms. The van der Waals surface area contributed by atoms with Crippen molar-refractivity contribution in [3.05, 3.63) is 288 Å². The Hall–Kier alpha value is -10.0. The van der Waals surface area contributed by atoms with Crippen LogP contribution < -0.4 is 24.8 Å². The number of carbonyl (C=O) groups is 6. The number of aldehydes is 1. The van der Waals surface area contributed by atoms with Gasteiger partial charge in [-0.15, -0.1) is 12.4 Å². The molecule has 0 unspecified atom stereocenters. The zero-order valence-electron chi connectivity index (χ0n) is 68.2. The van der Waals surface area contributed by atoms with Crippen LogP contribution in [0.5, 0.6) is 0 Å². The van der Waals surface area contributed by atoms with E-state index in [0.717, 1.165) is 48.3 Å². The van der Waals surface area contributed by atoms with E-state index in [1.807, 2.05) is 13.8 Å². The summed E-state index contributed by atoms with van der Waals surface area (Å²) in [4.78, 5) is 71.0. The Bertz CT molecular complexity index is 5300. The first kappa shape index (κ1) is 117. The number of halogens is 9. The van der Waals surface area contributed by atoms with Crippen molar-refractivity contribution in [3.8, 4) is 33.8 Å². The van der Waals surface area contributed by atoms with E-state index in [2.05, 4.69) is 58.0 Å². The molecular formula is C81H84Cl2F7LiN8O17P2S7. The molecule has 0 saturated carbocycles. The molecule has 4 heterocycles. The van der Waals surface area contributed by atoms with Crippen LogP contribution >= 0.6 is 61.2 Å². The number of nitrogens with zero attached hydrogens (tertiary/aromatic N) is 6. The first-order valence-corrected chi connectivity index (χ1v) is 45.8. The molecule has 9 N–H and O–H groups in total. The van der Waals surface area contributed by atoms with Gasteiger partial charge in [-0.05, 0) is 239 Å². The minimum atomic E-state index is -1.04. The number of nitrogens with two attached hydrogens (primary N) is 1. The van der Waals surface area contributed by atoms with Crippen molar-refractivity contribution in [3.63, 3.8) is 0 Å². The maximum absolute atomic E-state index is 13.2. The van der Waals surface area contributed by atoms with Crippen LogP contribution in [0.4, 0.5) is 30.7 Å². The van der Waals surface area contributed by atoms with Gasteiger partial charge in [0.25, 0.3) is 0 Å². The second-order valence-corrected chi connectivity index (χ2v) is 35.2. The standard InChI is InChI=1S/C13H12FNO3.C13H14FNO3.C13H12FNO2S.C11H8FNO2S.C10H17NO2.C7H5ClFNO.C7H6FNO.C7H5FO.ClH.Li.H3NO.H2O.P2S5/c1-3-17-13(16)11-8(2)18-15-12(11)9-5-4-6-10(14)7-9;1-3-18-13(17)11(8(2)16)12(15)9-5-4-6-10(14)7-9;1-3-17-13(16)11-8(2)18-15-12(11)9-5-4-6-10(14)7-9;1-6-9(11(14)15)10(13-16-6)7-3-2-4-8(12)5-7;1-3-13-10(12)8-9(2)11-6-4-5-7-11;8-7(10-11)5-2-1-3-6(9)4-5;8-7-3-1-2-6(4-7)5-9-10;8-7-3-1-2-6(4-7)5-9;;;1-2;;3-1-2-5-7-6-4/h4-7H,3H2,1-2H3;4-7,15-16H,3H2,1-2H3;4-7H,3H2,1-2H3;2-5H,1H3,(H,14,15);8H,3-7H2,1-2H3;1-4,11H;1-5,10H;1-5H;1H;;2H,1H2;1H2;/q;;;;;;;;;+1;;;/p-1/b;;;;;10-7+;9-5-;;;;;;. The zero-order chi connectivity index (χ0) is 91.2. The van der Waals surface area contributed by atoms with Crippen LogP contribution in [0.25, 0.3) is 33.8 Å². The third kappa shape index (κ3) is 43.6. The summed E-state index contributed by atoms with van der Waals surface area (Å²) in [5.74, 6) is -2.27. The number of aromatic carboxylic acids is 1. The fourth-order valence-electron chi connectivity index (χ4n) is 9.64. The quantitative estimate of drug-likeness (QED) is 0.00338. The second kappa shape index (κ2) is 66.4. The van der Waals surface area contributed by atoms with Crippen molar-refractivity contribution < 1.29 is 133 Å². The number of carboxylic acid groups (broad SMARTS) is 1. The number of hydrogen-bond acceptors (Lipinski definition) is 28. The Morgan fingerprint density at radius 3 is 1.43 bits per heavy atom. The SMILES string of the molecule is CCOC(=O)C(C(=N)c1cccc(F)c1)=C(C)O.CCOC(=O)C=C(C)N1CCCC1.CCOC(=O)c1c(-c2cccc(F)c2)noc1C.CCOC(=O)c1c(-c2cccc(F)c2)nsc1C.Cc1snc(-c2cccc(F)c2)c1C(=O)O.Cl.NO.O/N=C(/Cl)c1cccc(F)c1.O/N=C\c1cccc(F)c1.O=Cc1cccc(F)c1.S=PP=S=S=S=S.[Li+].[OH-]. The Kier molecular flexibility index (Phi) is 62.2. The molecule has 3 aromatic heterocycles. The number of aliphatic hydroxyl groups excluding tert-OH is 1. The molecule has 25 nitrogen and oxygen atoms in total. The number of ether oxygens (including phenoxy) is 4. The smallest absolute Gasteiger partial charge is 0.870 e. The Morgan fingerprint density at radius 2 is 1.02 bits per heavy atom. The Balaban J connectivity index is 0. The number of oxime groups is 2. The van der Waals surface area contributed by atoms with Gasteiger partial charge in [0.15, 0.2) is 5.17 Å². The number of aromatic nitrogens is 3. The van der Waals surface area contributed by atoms with E-state index in [1.165, 1.54) is 163 Å². The van der Waals surface area contributed by atoms with Gasteiger partial charge in [-0.2, -0.15) is 8.75 Å². The minimum absolute atomic E-state index is 0. The van der Waals surface area contributed by atoms with Gasteiger partial charge < -0.3 is 59.7 Å². The molecule has 1 aliphatic rings. The second-order valence-electron chi connectivity index (χ2n) is 23.2. The number of esters is 4. The number of carbonyl (C=O) groups excluding carboxylic acids is 5. The predicted octanol–water partition coefficient (Wildman–Crippen LogP) is 17.3. The molecule has 0 spiro atoms. The first-order chi connectivity index (χ1) is 58.4. The van der Waals surface area contributed by atoms with E-state index >= 15 is 0 Å². The first-order valence-electron chi connectivity index (χ1n) is 35.3. The number of allylic oxidation sites excluding steroid dienone is 2. The summed E-state index contributed by atoms with van der Waals surface area (Å²) < 4.78 is 122. The van der Waals surface area contributed by atoms with Crippen LogP contribution in [-0.2, 0) is 78.8 Å². The maximum Gasteiger partial charge on any atom is 1.00 e. The van der Waals surface area contributed by atoms with Crippen molar-refractivity contribution >= 4 is 165 Å². The number of nitrogens with one attached hydrogen (secondary N) is 1. The number of aryl methyl sites for hydroxylation is 3. The van der Waals surface area contributed by atoms with Gasteiger partial charge in [-0.25, -0.2) is 60.6 Å². The van der Waals surface area contributed by atoms with Crippen LogP contribution in [-0.4, -0.2) is 143 Å². The predicted molar refractivity (Wildman–Crippen MR) is 480 cm³/mol. The van der Waals surface area contributed by atoms with Gasteiger partial charge in [0, 0.05) is 82.1 Å². The van der Waals surface area contributed by atoms with Crippen LogP contribution in [0, 0.1) is 66.9 Å². The number of carboxylic acids is 1. The van der Waals surface area contributed by atoms with Gasteiger partial charge in [-0.1, -0.05) is 112 Å². The fraction of sp³-hybridized carbons (Fsp3) is 0.210. The average Bonchev–Trinajstić information content (AvgIpc) is 1.69. The van der Waals surface area contributed by atoms with E-state index < -0.39 is 47.1 Å². The van der Waals surface area contributed by atoms with Crippen LogP contribution in [0.2, 0.25) is 0 Å². The van der Waals surface area contributed by atoms with Crippen LogP contribution in [0.3, 0.4) is 0 Å². The number of aliphatic hydroxyl groups is 1. The largest absolute Gasteiger partial charge is 1.00 e. The summed E-state index contributed by atoms with van der Waals surface area (Å²) in [6.07, 6.45) is 5.82. The number of benzene rings is 7. The summed E-state index contributed by atoms with van der Waals surface area (Å²) in [5, 5.41) is 58.2. The van der Waals surface area contributed by atoms with E-state index in [4.69, 9.17) is 61.2 Å². The van der Waals surface area contributed by atoms with Crippen molar-refractivity contribution in [2.75, 3.05) is 39.5 Å². The molecule has 1 fully saturated rings. The molecular weight excluding hydrogens is 1850 g/mol. The molecule has 0 radical (unpaired) electrons. The number of likely N-dealkylation sites (tertiary alicyclic amines) is 1. The third-order valence-corrected chi connectivity index (χ3v) is 26.6. The van der Waals surface area contributed by atoms with E-state index in [1.54, 1.807) is 121 Å². The average molecular weight is 1940 g/mol. The van der Waals surface area contributed by atoms with Crippen molar-refractivity contribution in [1.29, 1.82) is 5.41 Å². The molecule has 44 heteroatoms. The molecule has 0 aliphatic carbocycles. The third-order valence-electron chi connectivity index (χ3n) is 14.8. The van der Waals surface area contributed by atoms with E-state index in [9.17, 15) is 64.6 Å². The van der Waals surface area contributed by atoms with Crippen molar-refractivity contribution in [2.24, 2.45) is 16.2 Å². The van der Waals surface area contributed by atoms with Crippen LogP contribution in [0.1, 0.15) is 128 Å². The van der Waals surface area contributed by atoms with Crippen molar-refractivity contribution in [1.82, 2.24) is 18.8 Å². The molecule has 1 saturated heterocycles. The number of hydrogen-bond donors (Lipinski definition) is 7. The van der Waals surface area contributed by atoms with Crippen molar-refractivity contribution in [2.45, 2.75) is 75.2 Å². The molecule has 125 heavy (non-hydrogen) atoms. The molecule has 1 aliphatic heterocycles. The number of rotatable bonds is 19. The Morgan fingerprint density at radius 1 is 0.616 bits per heavy atom. The molecule has 0 amide bonds. The summed E-state index contributed by atoms with van der Waals surface area (Å²) in [5.41, 5.74) is 5.43. The van der Waals surface area contributed by atoms with Gasteiger partial charge in [-0.3, -0.25) is 10.2 Å². The van der Waals surface area contributed by atoms with Gasteiger partial charge in [0.1, 0.15) is 86.5 Å². The zero-order valence-corrected chi connectivity index (χ0v) is 77.3. The maximum atomic E-state index is 13.2. The molecule has 666 valence electrons. The molecule has 7 aromatic carbocycles. The molecule has 10 aromatic rings. The Labute approximate surface area is 768 Å². The summed E-state index contributed by atoms with van der Waals surface area (Å²) in [7, 11) is 6.83. The van der Waals surface area contributed by atoms with Gasteiger partial charge in [0.05, 0.1) is 49.7 Å². The van der Waals surface area contributed by atoms with Crippen LogP contribution in [0.15, 0.2) is 208 Å². The topological polar surface area (TPSA) is 400 Å². The normalized spacial score (nSPS) is 10.9. The molecule has 0 atom stereocenters. The monoisotopic (exact) mass is 1940 g/mol. The summed E-state index contributed by atoms with van der Waals surface area (Å²) >= 11 is 16.9. The molecule has 11 rings (SSSR count). The van der Waals surface area contributed by atoms with Gasteiger partial charge >= 0.3 is 48.7 Å². The van der Waals surface area contributed by atoms with E-state index in [-0.39, 0.29) is 112 Å². The fourth-order valence-corrected chi connectivity index (χ4v) is 20.7. The van der Waals surface area contributed by atoms with E-state index in [0.29, 0.717) is 86.2 Å². The minimum Gasteiger partial charge on any atom is -0.870 e.